The largest absolute Gasteiger partial charge is 0.171 e. The Labute approximate surface area is 77.8 Å². The summed E-state index contributed by atoms with van der Waals surface area (Å²) in [6, 6.07) is 8.32. The highest BCUT2D eigenvalue weighted by Gasteiger charge is 2.25. The smallest absolute Gasteiger partial charge is 0.0580 e. The van der Waals surface area contributed by atoms with Gasteiger partial charge >= 0.3 is 0 Å². The van der Waals surface area contributed by atoms with Crippen molar-refractivity contribution < 1.29 is 0 Å². The third-order valence-electron chi connectivity index (χ3n) is 2.02. The van der Waals surface area contributed by atoms with Gasteiger partial charge in [0.05, 0.1) is 5.25 Å². The van der Waals surface area contributed by atoms with Crippen molar-refractivity contribution in [2.24, 2.45) is 0 Å². The zero-order valence-corrected chi connectivity index (χ0v) is 7.78. The van der Waals surface area contributed by atoms with Gasteiger partial charge in [-0.2, -0.15) is 25.3 Å². The van der Waals surface area contributed by atoms with Crippen molar-refractivity contribution in [3.05, 3.63) is 40.6 Å². The van der Waals surface area contributed by atoms with Gasteiger partial charge in [-0.15, -0.1) is 0 Å². The molecule has 0 amide bonds. The second-order valence-electron chi connectivity index (χ2n) is 2.75. The van der Waals surface area contributed by atoms with Crippen LogP contribution in [-0.4, -0.2) is 0 Å². The first kappa shape index (κ1) is 7.56. The summed E-state index contributed by atoms with van der Waals surface area (Å²) in [6.45, 7) is 0. The Morgan fingerprint density at radius 3 is 2.73 bits per heavy atom. The van der Waals surface area contributed by atoms with E-state index in [4.69, 9.17) is 0 Å². The van der Waals surface area contributed by atoms with E-state index in [-0.39, 0.29) is 0 Å². The zero-order chi connectivity index (χ0) is 7.84. The number of benzene rings is 1. The minimum absolute atomic E-state index is 0.360. The van der Waals surface area contributed by atoms with Crippen LogP contribution >= 0.6 is 25.3 Å². The molecule has 57 valence electrons. The zero-order valence-electron chi connectivity index (χ0n) is 5.99. The monoisotopic (exact) mass is 181 g/mol. The number of hydrogen-bond acceptors (Lipinski definition) is 2. The van der Waals surface area contributed by atoms with Gasteiger partial charge in [0.2, 0.25) is 0 Å². The molecule has 1 aromatic carbocycles. The van der Waals surface area contributed by atoms with E-state index < -0.39 is 0 Å². The molecule has 0 aliphatic heterocycles. The maximum absolute atomic E-state index is 4.46. The molecule has 0 N–H and O–H groups in total. The first-order valence-corrected chi connectivity index (χ1v) is 4.57. The summed E-state index contributed by atoms with van der Waals surface area (Å²) in [5.41, 5.74) is 2.59. The maximum atomic E-state index is 4.46. The first-order chi connectivity index (χ1) is 5.29. The molecule has 1 radical (unpaired) electrons. The van der Waals surface area contributed by atoms with E-state index in [2.05, 4.69) is 43.5 Å². The molecule has 1 aliphatic rings. The third-order valence-corrected chi connectivity index (χ3v) is 2.90. The Kier molecular flexibility index (Phi) is 1.90. The number of hydrogen-bond donors (Lipinski definition) is 2. The fraction of sp³-hybridized carbons (Fsp3) is 0.222. The Morgan fingerprint density at radius 2 is 2.00 bits per heavy atom. The van der Waals surface area contributed by atoms with E-state index in [9.17, 15) is 0 Å². The fourth-order valence-electron chi connectivity index (χ4n) is 1.45. The molecule has 0 heterocycles. The van der Waals surface area contributed by atoms with Crippen molar-refractivity contribution in [2.45, 2.75) is 11.7 Å². The Morgan fingerprint density at radius 1 is 1.27 bits per heavy atom. The van der Waals surface area contributed by atoms with Gasteiger partial charge in [0.1, 0.15) is 0 Å². The molecule has 1 aromatic rings. The molecule has 0 aromatic heterocycles. The SMILES string of the molecule is S[C]1CC(S)c2ccccc21. The normalized spacial score (nSPS) is 23.6. The lowest BCUT2D eigenvalue weighted by Gasteiger charge is -2.00. The van der Waals surface area contributed by atoms with E-state index >= 15 is 0 Å². The quantitative estimate of drug-likeness (QED) is 0.565. The van der Waals surface area contributed by atoms with Crippen LogP contribution < -0.4 is 0 Å². The third kappa shape index (κ3) is 1.18. The van der Waals surface area contributed by atoms with Crippen molar-refractivity contribution in [1.82, 2.24) is 0 Å². The van der Waals surface area contributed by atoms with Gasteiger partial charge in [0.15, 0.2) is 0 Å². The van der Waals surface area contributed by atoms with E-state index in [0.29, 0.717) is 5.25 Å². The molecule has 0 fully saturated rings. The van der Waals surface area contributed by atoms with E-state index in [1.54, 1.807) is 0 Å². The maximum Gasteiger partial charge on any atom is 0.0580 e. The molecule has 0 bridgehead atoms. The summed E-state index contributed by atoms with van der Waals surface area (Å²) in [6.07, 6.45) is 0.978. The molecule has 0 spiro atoms. The highest BCUT2D eigenvalue weighted by Crippen LogP contribution is 2.44. The van der Waals surface area contributed by atoms with Crippen LogP contribution in [0.2, 0.25) is 0 Å². The second kappa shape index (κ2) is 2.76. The summed E-state index contributed by atoms with van der Waals surface area (Å²) >= 11 is 8.86. The topological polar surface area (TPSA) is 0 Å². The predicted octanol–water partition coefficient (Wildman–Crippen LogP) is 2.87. The van der Waals surface area contributed by atoms with Gasteiger partial charge in [-0.05, 0) is 17.5 Å². The average molecular weight is 181 g/mol. The van der Waals surface area contributed by atoms with Crippen LogP contribution in [0.5, 0.6) is 0 Å². The van der Waals surface area contributed by atoms with Gasteiger partial charge in [0.25, 0.3) is 0 Å². The van der Waals surface area contributed by atoms with Gasteiger partial charge in [-0.25, -0.2) is 0 Å². The predicted molar refractivity (Wildman–Crippen MR) is 54.1 cm³/mol. The van der Waals surface area contributed by atoms with Crippen molar-refractivity contribution in [1.29, 1.82) is 0 Å². The standard InChI is InChI=1S/C9H9S2/c10-8-5-9(11)7-4-2-1-3-6(7)8/h1-4,8,10-11H,5H2. The molecule has 0 saturated carbocycles. The van der Waals surface area contributed by atoms with Crippen LogP contribution in [0.3, 0.4) is 0 Å². The van der Waals surface area contributed by atoms with Gasteiger partial charge < -0.3 is 0 Å². The van der Waals surface area contributed by atoms with Crippen LogP contribution in [0, 0.1) is 5.25 Å². The second-order valence-corrected chi connectivity index (χ2v) is 3.92. The molecule has 11 heavy (non-hydrogen) atoms. The Balaban J connectivity index is 2.52. The number of fused-ring (bicyclic) bond motifs is 1. The van der Waals surface area contributed by atoms with Crippen LogP contribution in [0.15, 0.2) is 24.3 Å². The van der Waals surface area contributed by atoms with Gasteiger partial charge in [-0.1, -0.05) is 24.3 Å². The van der Waals surface area contributed by atoms with E-state index in [1.165, 1.54) is 16.4 Å². The highest BCUT2D eigenvalue weighted by molar-refractivity contribution is 7.84. The van der Waals surface area contributed by atoms with Crippen LogP contribution in [-0.2, 0) is 0 Å². The fourth-order valence-corrected chi connectivity index (χ4v) is 2.39. The van der Waals surface area contributed by atoms with Crippen molar-refractivity contribution in [3.63, 3.8) is 0 Å². The molecule has 0 nitrogen and oxygen atoms in total. The highest BCUT2D eigenvalue weighted by atomic mass is 32.1. The molecule has 1 aliphatic carbocycles. The van der Waals surface area contributed by atoms with Gasteiger partial charge in [-0.3, -0.25) is 0 Å². The van der Waals surface area contributed by atoms with Crippen LogP contribution in [0.4, 0.5) is 0 Å². The summed E-state index contributed by atoms with van der Waals surface area (Å²) < 4.78 is 0. The van der Waals surface area contributed by atoms with Gasteiger partial charge in [0, 0.05) is 5.25 Å². The van der Waals surface area contributed by atoms with E-state index in [1.807, 2.05) is 6.07 Å². The first-order valence-electron chi connectivity index (χ1n) is 3.61. The Hall–Kier alpha value is -0.0800. The molecule has 2 heteroatoms. The van der Waals surface area contributed by atoms with Crippen molar-refractivity contribution in [2.75, 3.05) is 0 Å². The molecule has 0 saturated heterocycles. The van der Waals surface area contributed by atoms with Crippen LogP contribution in [0.25, 0.3) is 0 Å². The summed E-state index contributed by atoms with van der Waals surface area (Å²) in [4.78, 5) is 0. The summed E-state index contributed by atoms with van der Waals surface area (Å²) in [7, 11) is 0. The lowest BCUT2D eigenvalue weighted by Crippen LogP contribution is -1.82. The number of thiol groups is 2. The molecular weight excluding hydrogens is 172 g/mol. The molecule has 1 unspecified atom stereocenters. The number of rotatable bonds is 0. The summed E-state index contributed by atoms with van der Waals surface area (Å²) in [5, 5.41) is 1.53. The lowest BCUT2D eigenvalue weighted by molar-refractivity contribution is 0.997. The molecular formula is C9H9S2. The summed E-state index contributed by atoms with van der Waals surface area (Å²) in [5.74, 6) is 0. The van der Waals surface area contributed by atoms with Crippen LogP contribution in [0.1, 0.15) is 22.8 Å². The van der Waals surface area contributed by atoms with Crippen molar-refractivity contribution >= 4 is 25.3 Å². The van der Waals surface area contributed by atoms with E-state index in [0.717, 1.165) is 6.42 Å². The molecule has 1 atom stereocenters. The minimum Gasteiger partial charge on any atom is -0.171 e. The average Bonchev–Trinajstić information content (AvgIpc) is 2.30. The van der Waals surface area contributed by atoms with Crippen molar-refractivity contribution in [3.8, 4) is 0 Å². The minimum atomic E-state index is 0.360. The lowest BCUT2D eigenvalue weighted by atomic mass is 10.1. The Bertz CT molecular complexity index is 243. The molecule has 2 rings (SSSR count).